The molecule has 4 aliphatic rings. The Kier molecular flexibility index (Phi) is 6.32. The van der Waals surface area contributed by atoms with Gasteiger partial charge in [0.2, 0.25) is 0 Å². The van der Waals surface area contributed by atoms with Gasteiger partial charge in [-0.25, -0.2) is 4.68 Å². The van der Waals surface area contributed by atoms with E-state index in [1.807, 2.05) is 77.9 Å². The van der Waals surface area contributed by atoms with E-state index < -0.39 is 0 Å². The lowest BCUT2D eigenvalue weighted by Gasteiger charge is -2.56. The normalized spacial score (nSPS) is 24.9. The van der Waals surface area contributed by atoms with E-state index in [1.165, 1.54) is 19.3 Å². The summed E-state index contributed by atoms with van der Waals surface area (Å²) in [4.78, 5) is 14.1. The SMILES string of the molecule is Cc1nn(Cc2c(Cl)cccc2Cl)c(C)c1NC(=O)c1cn(-c2ccccc2)nc1C12CC3CC(CC(C3)C1)C2. The fourth-order valence-corrected chi connectivity index (χ4v) is 8.61. The zero-order chi connectivity index (χ0) is 27.6. The van der Waals surface area contributed by atoms with Gasteiger partial charge in [0.25, 0.3) is 5.91 Å². The summed E-state index contributed by atoms with van der Waals surface area (Å²) < 4.78 is 3.75. The van der Waals surface area contributed by atoms with Crippen molar-refractivity contribution in [3.63, 3.8) is 0 Å². The highest BCUT2D eigenvalue weighted by atomic mass is 35.5. The van der Waals surface area contributed by atoms with E-state index in [9.17, 15) is 4.79 Å². The Hall–Kier alpha value is -3.09. The smallest absolute Gasteiger partial charge is 0.259 e. The maximum atomic E-state index is 14.1. The summed E-state index contributed by atoms with van der Waals surface area (Å²) in [6, 6.07) is 15.6. The predicted molar refractivity (Wildman–Crippen MR) is 159 cm³/mol. The molecule has 0 spiro atoms. The number of aromatic nitrogens is 4. The third-order valence-corrected chi connectivity index (χ3v) is 10.2. The molecule has 8 heteroatoms. The Bertz CT molecular complexity index is 1550. The molecule has 2 aromatic carbocycles. The Morgan fingerprint density at radius 3 is 2.17 bits per heavy atom. The first-order chi connectivity index (χ1) is 19.3. The summed E-state index contributed by atoms with van der Waals surface area (Å²) in [7, 11) is 0. The van der Waals surface area contributed by atoms with E-state index in [0.717, 1.165) is 71.0 Å². The van der Waals surface area contributed by atoms with Gasteiger partial charge in [-0.1, -0.05) is 47.5 Å². The van der Waals surface area contributed by atoms with E-state index in [1.54, 1.807) is 0 Å². The molecule has 1 amide bonds. The molecule has 206 valence electrons. The van der Waals surface area contributed by atoms with Crippen LogP contribution < -0.4 is 5.32 Å². The number of para-hydroxylation sites is 1. The van der Waals surface area contributed by atoms with Crippen molar-refractivity contribution < 1.29 is 4.79 Å². The maximum Gasteiger partial charge on any atom is 0.259 e. The second-order valence-electron chi connectivity index (χ2n) is 12.2. The van der Waals surface area contributed by atoms with Gasteiger partial charge in [-0.2, -0.15) is 10.2 Å². The lowest BCUT2D eigenvalue weighted by atomic mass is 9.48. The molecule has 40 heavy (non-hydrogen) atoms. The monoisotopic (exact) mass is 573 g/mol. The van der Waals surface area contributed by atoms with Gasteiger partial charge < -0.3 is 5.32 Å². The average Bonchev–Trinajstić information content (AvgIpc) is 3.49. The second kappa shape index (κ2) is 9.78. The molecule has 6 nitrogen and oxygen atoms in total. The van der Waals surface area contributed by atoms with E-state index >= 15 is 0 Å². The van der Waals surface area contributed by atoms with Gasteiger partial charge in [-0.05, 0) is 94.4 Å². The molecule has 0 atom stereocenters. The Labute approximate surface area is 244 Å². The summed E-state index contributed by atoms with van der Waals surface area (Å²) in [6.07, 6.45) is 9.36. The predicted octanol–water partition coefficient (Wildman–Crippen LogP) is 7.76. The molecular formula is C32H33Cl2N5O. The highest BCUT2D eigenvalue weighted by Crippen LogP contribution is 2.61. The van der Waals surface area contributed by atoms with E-state index in [-0.39, 0.29) is 11.3 Å². The number of rotatable bonds is 6. The number of hydrogen-bond donors (Lipinski definition) is 1. The van der Waals surface area contributed by atoms with Crippen molar-refractivity contribution in [1.82, 2.24) is 19.6 Å². The molecule has 0 aliphatic heterocycles. The van der Waals surface area contributed by atoms with Crippen LogP contribution in [0.1, 0.15) is 71.5 Å². The van der Waals surface area contributed by atoms with Gasteiger partial charge in [-0.3, -0.25) is 9.48 Å². The Morgan fingerprint density at radius 1 is 0.925 bits per heavy atom. The quantitative estimate of drug-likeness (QED) is 0.256. The highest BCUT2D eigenvalue weighted by molar-refractivity contribution is 6.36. The largest absolute Gasteiger partial charge is 0.319 e. The molecule has 0 saturated heterocycles. The van der Waals surface area contributed by atoms with Crippen molar-refractivity contribution in [3.05, 3.63) is 93.0 Å². The third-order valence-electron chi connectivity index (χ3n) is 9.51. The standard InChI is InChI=1S/C32H33Cl2N5O/c1-19-29(20(2)38(36-19)17-25-27(33)9-6-10-28(25)34)35-31(40)26-18-39(24-7-4-3-5-8-24)37-30(26)32-14-21-11-22(15-32)13-23(12-21)16-32/h3-10,18,21-23H,11-17H2,1-2H3,(H,35,40). The van der Waals surface area contributed by atoms with Crippen LogP contribution in [0.15, 0.2) is 54.7 Å². The van der Waals surface area contributed by atoms with Crippen molar-refractivity contribution in [2.75, 3.05) is 5.32 Å². The van der Waals surface area contributed by atoms with Crippen molar-refractivity contribution in [1.29, 1.82) is 0 Å². The summed E-state index contributed by atoms with van der Waals surface area (Å²) in [6.45, 7) is 4.31. The number of carbonyl (C=O) groups excluding carboxylic acids is 1. The maximum absolute atomic E-state index is 14.1. The molecule has 2 aromatic heterocycles. The number of aryl methyl sites for hydroxylation is 1. The molecule has 1 N–H and O–H groups in total. The summed E-state index contributed by atoms with van der Waals surface area (Å²) in [5, 5.41) is 14.3. The van der Waals surface area contributed by atoms with Crippen LogP contribution in [0.3, 0.4) is 0 Å². The van der Waals surface area contributed by atoms with E-state index in [2.05, 4.69) is 5.32 Å². The van der Waals surface area contributed by atoms with E-state index in [4.69, 9.17) is 33.4 Å². The number of carbonyl (C=O) groups is 1. The van der Waals surface area contributed by atoms with Crippen LogP contribution in [0, 0.1) is 31.6 Å². The molecule has 0 unspecified atom stereocenters. The first-order valence-electron chi connectivity index (χ1n) is 14.2. The average molecular weight is 575 g/mol. The fraction of sp³-hybridized carbons (Fsp3) is 0.406. The molecule has 4 fully saturated rings. The minimum Gasteiger partial charge on any atom is -0.319 e. The second-order valence-corrected chi connectivity index (χ2v) is 13.0. The van der Waals surface area contributed by atoms with Gasteiger partial charge >= 0.3 is 0 Å². The number of hydrogen-bond acceptors (Lipinski definition) is 3. The first kappa shape index (κ1) is 25.8. The molecule has 4 aliphatic carbocycles. The molecule has 4 bridgehead atoms. The Balaban J connectivity index is 1.24. The topological polar surface area (TPSA) is 64.7 Å². The van der Waals surface area contributed by atoms with Crippen molar-refractivity contribution in [2.24, 2.45) is 17.8 Å². The molecule has 8 rings (SSSR count). The van der Waals surface area contributed by atoms with Gasteiger partial charge in [0.15, 0.2) is 0 Å². The molecular weight excluding hydrogens is 541 g/mol. The van der Waals surface area contributed by atoms with Gasteiger partial charge in [0, 0.05) is 27.2 Å². The van der Waals surface area contributed by atoms with Gasteiger partial charge in [0.05, 0.1) is 40.6 Å². The number of amides is 1. The number of anilines is 1. The van der Waals surface area contributed by atoms with Crippen LogP contribution in [0.5, 0.6) is 0 Å². The van der Waals surface area contributed by atoms with Crippen LogP contribution in [-0.4, -0.2) is 25.5 Å². The van der Waals surface area contributed by atoms with Crippen LogP contribution in [0.2, 0.25) is 10.0 Å². The summed E-state index contributed by atoms with van der Waals surface area (Å²) >= 11 is 12.9. The number of nitrogens with zero attached hydrogens (tertiary/aromatic N) is 4. The minimum atomic E-state index is -0.130. The molecule has 4 aromatic rings. The van der Waals surface area contributed by atoms with E-state index in [0.29, 0.717) is 22.2 Å². The summed E-state index contributed by atoms with van der Waals surface area (Å²) in [5.74, 6) is 2.13. The number of nitrogens with one attached hydrogen (secondary N) is 1. The lowest BCUT2D eigenvalue weighted by molar-refractivity contribution is -0.00765. The van der Waals surface area contributed by atoms with Gasteiger partial charge in [-0.15, -0.1) is 0 Å². The van der Waals surface area contributed by atoms with Crippen LogP contribution in [0.4, 0.5) is 5.69 Å². The van der Waals surface area contributed by atoms with Crippen molar-refractivity contribution >= 4 is 34.8 Å². The molecule has 4 saturated carbocycles. The Morgan fingerprint density at radius 2 is 1.55 bits per heavy atom. The first-order valence-corrected chi connectivity index (χ1v) is 15.0. The summed E-state index contributed by atoms with van der Waals surface area (Å²) in [5.41, 5.74) is 5.72. The van der Waals surface area contributed by atoms with Crippen LogP contribution in [-0.2, 0) is 12.0 Å². The highest BCUT2D eigenvalue weighted by Gasteiger charge is 2.54. The third kappa shape index (κ3) is 4.36. The molecule has 0 radical (unpaired) electrons. The molecule has 2 heterocycles. The van der Waals surface area contributed by atoms with Gasteiger partial charge in [0.1, 0.15) is 0 Å². The zero-order valence-corrected chi connectivity index (χ0v) is 24.3. The lowest BCUT2D eigenvalue weighted by Crippen LogP contribution is -2.49. The fourth-order valence-electron chi connectivity index (χ4n) is 8.09. The minimum absolute atomic E-state index is 0.0173. The number of benzene rings is 2. The zero-order valence-electron chi connectivity index (χ0n) is 22.8. The number of halogens is 2. The van der Waals surface area contributed by atoms with Crippen molar-refractivity contribution in [3.8, 4) is 5.69 Å². The van der Waals surface area contributed by atoms with Crippen LogP contribution in [0.25, 0.3) is 5.69 Å². The van der Waals surface area contributed by atoms with Crippen molar-refractivity contribution in [2.45, 2.75) is 64.3 Å². The van der Waals surface area contributed by atoms with Crippen LogP contribution >= 0.6 is 23.2 Å².